The molecule has 0 atom stereocenters. The van der Waals surface area contributed by atoms with Crippen LogP contribution in [0.25, 0.3) is 0 Å². The SMILES string of the molecule is COc1ccc(OC)c(NC(=O)CN2CCOC2=O)c1. The van der Waals surface area contributed by atoms with Gasteiger partial charge in [-0.3, -0.25) is 9.69 Å². The Labute approximate surface area is 116 Å². The molecule has 1 N–H and O–H groups in total. The highest BCUT2D eigenvalue weighted by atomic mass is 16.6. The molecule has 1 aromatic rings. The number of hydrogen-bond donors (Lipinski definition) is 1. The third kappa shape index (κ3) is 3.11. The summed E-state index contributed by atoms with van der Waals surface area (Å²) in [4.78, 5) is 24.5. The molecule has 108 valence electrons. The quantitative estimate of drug-likeness (QED) is 0.873. The van der Waals surface area contributed by atoms with Gasteiger partial charge in [0.25, 0.3) is 0 Å². The summed E-state index contributed by atoms with van der Waals surface area (Å²) in [6.07, 6.45) is -0.474. The topological polar surface area (TPSA) is 77.1 Å². The molecule has 0 saturated carbocycles. The maximum atomic E-state index is 11.9. The molecule has 0 aromatic heterocycles. The average molecular weight is 280 g/mol. The van der Waals surface area contributed by atoms with Crippen LogP contribution >= 0.6 is 0 Å². The molecule has 1 aliphatic heterocycles. The van der Waals surface area contributed by atoms with Crippen molar-refractivity contribution >= 4 is 17.7 Å². The molecular formula is C13H16N2O5. The van der Waals surface area contributed by atoms with Gasteiger partial charge >= 0.3 is 6.09 Å². The van der Waals surface area contributed by atoms with Crippen molar-refractivity contribution in [3.05, 3.63) is 18.2 Å². The lowest BCUT2D eigenvalue weighted by atomic mass is 10.2. The van der Waals surface area contributed by atoms with Crippen molar-refractivity contribution in [2.45, 2.75) is 0 Å². The van der Waals surface area contributed by atoms with Gasteiger partial charge in [0.15, 0.2) is 0 Å². The zero-order valence-electron chi connectivity index (χ0n) is 11.3. The number of amides is 2. The predicted molar refractivity (Wildman–Crippen MR) is 71.1 cm³/mol. The van der Waals surface area contributed by atoms with Crippen LogP contribution in [0.1, 0.15) is 0 Å². The van der Waals surface area contributed by atoms with Crippen LogP contribution in [-0.2, 0) is 9.53 Å². The van der Waals surface area contributed by atoms with Gasteiger partial charge in [0.1, 0.15) is 24.7 Å². The van der Waals surface area contributed by atoms with E-state index in [1.54, 1.807) is 18.2 Å². The van der Waals surface area contributed by atoms with Crippen LogP contribution in [-0.4, -0.2) is 50.8 Å². The van der Waals surface area contributed by atoms with Crippen molar-refractivity contribution in [1.82, 2.24) is 4.90 Å². The molecule has 1 heterocycles. The molecule has 0 radical (unpaired) electrons. The summed E-state index contributed by atoms with van der Waals surface area (Å²) in [5.41, 5.74) is 0.490. The number of hydrogen-bond acceptors (Lipinski definition) is 5. The van der Waals surface area contributed by atoms with Gasteiger partial charge in [-0.1, -0.05) is 0 Å². The Balaban J connectivity index is 2.04. The maximum absolute atomic E-state index is 11.9. The first-order valence-electron chi connectivity index (χ1n) is 6.07. The van der Waals surface area contributed by atoms with Gasteiger partial charge in [0.05, 0.1) is 26.5 Å². The molecule has 1 aliphatic rings. The van der Waals surface area contributed by atoms with Gasteiger partial charge in [-0.05, 0) is 12.1 Å². The smallest absolute Gasteiger partial charge is 0.410 e. The largest absolute Gasteiger partial charge is 0.497 e. The van der Waals surface area contributed by atoms with Crippen LogP contribution in [0, 0.1) is 0 Å². The molecule has 2 amide bonds. The predicted octanol–water partition coefficient (Wildman–Crippen LogP) is 1.09. The van der Waals surface area contributed by atoms with Crippen LogP contribution in [0.3, 0.4) is 0 Å². The third-order valence-electron chi connectivity index (χ3n) is 2.86. The second kappa shape index (κ2) is 6.14. The Bertz CT molecular complexity index is 517. The Kier molecular flexibility index (Phi) is 4.29. The zero-order chi connectivity index (χ0) is 14.5. The van der Waals surface area contributed by atoms with Crippen molar-refractivity contribution in [1.29, 1.82) is 0 Å². The summed E-state index contributed by atoms with van der Waals surface area (Å²) in [6.45, 7) is 0.676. The van der Waals surface area contributed by atoms with Crippen molar-refractivity contribution in [3.63, 3.8) is 0 Å². The fourth-order valence-corrected chi connectivity index (χ4v) is 1.84. The van der Waals surface area contributed by atoms with Gasteiger partial charge < -0.3 is 19.5 Å². The van der Waals surface area contributed by atoms with Crippen molar-refractivity contribution in [2.24, 2.45) is 0 Å². The molecule has 2 rings (SSSR count). The molecule has 0 bridgehead atoms. The second-order valence-corrected chi connectivity index (χ2v) is 4.15. The monoisotopic (exact) mass is 280 g/mol. The van der Waals surface area contributed by atoms with E-state index < -0.39 is 6.09 Å². The summed E-state index contributed by atoms with van der Waals surface area (Å²) in [5.74, 6) is 0.792. The lowest BCUT2D eigenvalue weighted by Gasteiger charge is -2.14. The summed E-state index contributed by atoms with van der Waals surface area (Å²) >= 11 is 0. The lowest BCUT2D eigenvalue weighted by molar-refractivity contribution is -0.116. The first-order valence-corrected chi connectivity index (χ1v) is 6.07. The van der Waals surface area contributed by atoms with E-state index in [4.69, 9.17) is 14.2 Å². The van der Waals surface area contributed by atoms with Crippen molar-refractivity contribution in [2.75, 3.05) is 39.2 Å². The first-order chi connectivity index (χ1) is 9.63. The first kappa shape index (κ1) is 14.0. The van der Waals surface area contributed by atoms with E-state index in [9.17, 15) is 9.59 Å². The Morgan fingerprint density at radius 2 is 2.20 bits per heavy atom. The fourth-order valence-electron chi connectivity index (χ4n) is 1.84. The highest BCUT2D eigenvalue weighted by Crippen LogP contribution is 2.28. The maximum Gasteiger partial charge on any atom is 0.410 e. The Morgan fingerprint density at radius 3 is 2.80 bits per heavy atom. The fraction of sp³-hybridized carbons (Fsp3) is 0.385. The molecule has 0 unspecified atom stereocenters. The summed E-state index contributed by atoms with van der Waals surface area (Å²) in [6, 6.07) is 5.07. The number of nitrogens with one attached hydrogen (secondary N) is 1. The second-order valence-electron chi connectivity index (χ2n) is 4.15. The number of methoxy groups -OCH3 is 2. The van der Waals surface area contributed by atoms with E-state index in [0.717, 1.165) is 0 Å². The standard InChI is InChI=1S/C13H16N2O5/c1-18-9-3-4-11(19-2)10(7-9)14-12(16)8-15-5-6-20-13(15)17/h3-4,7H,5-6,8H2,1-2H3,(H,14,16). The van der Waals surface area contributed by atoms with Crippen molar-refractivity contribution in [3.8, 4) is 11.5 Å². The van der Waals surface area contributed by atoms with Crippen LogP contribution < -0.4 is 14.8 Å². The van der Waals surface area contributed by atoms with Crippen LogP contribution in [0.2, 0.25) is 0 Å². The van der Waals surface area contributed by atoms with E-state index in [-0.39, 0.29) is 12.5 Å². The van der Waals surface area contributed by atoms with Gasteiger partial charge in [-0.15, -0.1) is 0 Å². The molecular weight excluding hydrogens is 264 g/mol. The molecule has 0 aliphatic carbocycles. The van der Waals surface area contributed by atoms with E-state index >= 15 is 0 Å². The molecule has 1 saturated heterocycles. The van der Waals surface area contributed by atoms with Gasteiger partial charge in [0, 0.05) is 6.07 Å². The van der Waals surface area contributed by atoms with E-state index in [1.165, 1.54) is 19.1 Å². The lowest BCUT2D eigenvalue weighted by Crippen LogP contribution is -2.33. The molecule has 1 aromatic carbocycles. The number of nitrogens with zero attached hydrogens (tertiary/aromatic N) is 1. The van der Waals surface area contributed by atoms with Gasteiger partial charge in [-0.25, -0.2) is 4.79 Å². The summed E-state index contributed by atoms with van der Waals surface area (Å²) in [5, 5.41) is 2.69. The average Bonchev–Trinajstić information content (AvgIpc) is 2.84. The highest BCUT2D eigenvalue weighted by Gasteiger charge is 2.24. The molecule has 20 heavy (non-hydrogen) atoms. The molecule has 0 spiro atoms. The van der Waals surface area contributed by atoms with E-state index in [1.807, 2.05) is 0 Å². The van der Waals surface area contributed by atoms with E-state index in [0.29, 0.717) is 30.3 Å². The Hall–Kier alpha value is -2.44. The number of benzene rings is 1. The summed E-state index contributed by atoms with van der Waals surface area (Å²) in [7, 11) is 3.04. The van der Waals surface area contributed by atoms with Crippen LogP contribution in [0.5, 0.6) is 11.5 Å². The van der Waals surface area contributed by atoms with E-state index in [2.05, 4.69) is 5.32 Å². The molecule has 7 heteroatoms. The minimum atomic E-state index is -0.474. The highest BCUT2D eigenvalue weighted by molar-refractivity contribution is 5.95. The molecule has 7 nitrogen and oxygen atoms in total. The normalized spacial score (nSPS) is 13.9. The number of rotatable bonds is 5. The minimum absolute atomic E-state index is 0.0564. The van der Waals surface area contributed by atoms with Gasteiger partial charge in [-0.2, -0.15) is 0 Å². The number of carbonyl (C=O) groups excluding carboxylic acids is 2. The number of cyclic esters (lactones) is 1. The third-order valence-corrected chi connectivity index (χ3v) is 2.86. The van der Waals surface area contributed by atoms with Crippen molar-refractivity contribution < 1.29 is 23.8 Å². The minimum Gasteiger partial charge on any atom is -0.497 e. The van der Waals surface area contributed by atoms with Crippen LogP contribution in [0.4, 0.5) is 10.5 Å². The molecule has 1 fully saturated rings. The zero-order valence-corrected chi connectivity index (χ0v) is 11.3. The van der Waals surface area contributed by atoms with Crippen LogP contribution in [0.15, 0.2) is 18.2 Å². The summed E-state index contributed by atoms with van der Waals surface area (Å²) < 4.78 is 15.0. The number of ether oxygens (including phenoxy) is 3. The number of anilines is 1. The van der Waals surface area contributed by atoms with Gasteiger partial charge in [0.2, 0.25) is 5.91 Å². The Morgan fingerprint density at radius 1 is 1.40 bits per heavy atom. The number of carbonyl (C=O) groups is 2.